The van der Waals surface area contributed by atoms with Crippen LogP contribution in [0.4, 0.5) is 0 Å². The summed E-state index contributed by atoms with van der Waals surface area (Å²) in [4.78, 5) is 0. The first-order valence-corrected chi connectivity index (χ1v) is 19.3. The van der Waals surface area contributed by atoms with Gasteiger partial charge in [-0.1, -0.05) is 75.3 Å². The Hall–Kier alpha value is -3.54. The van der Waals surface area contributed by atoms with Crippen LogP contribution >= 0.6 is 0 Å². The van der Waals surface area contributed by atoms with E-state index in [0.29, 0.717) is 0 Å². The van der Waals surface area contributed by atoms with Gasteiger partial charge in [-0.3, -0.25) is 6.08 Å². The van der Waals surface area contributed by atoms with Crippen molar-refractivity contribution in [3.63, 3.8) is 0 Å². The molecule has 0 saturated heterocycles. The maximum atomic E-state index is 2.99. The van der Waals surface area contributed by atoms with Gasteiger partial charge in [-0.2, -0.15) is 6.08 Å². The minimum Gasteiger partial charge on any atom is -0.273 e. The first-order valence-electron chi connectivity index (χ1n) is 18.1. The Bertz CT molecular complexity index is 2020. The van der Waals surface area contributed by atoms with E-state index >= 15 is 0 Å². The molecule has 0 heterocycles. The van der Waals surface area contributed by atoms with Crippen LogP contribution in [0.2, 0.25) is 0 Å². The zero-order valence-electron chi connectivity index (χ0n) is 31.8. The average molecular weight is 732 g/mol. The minimum absolute atomic E-state index is 0.152. The van der Waals surface area contributed by atoms with Crippen LogP contribution in [0.25, 0.3) is 33.7 Å². The van der Waals surface area contributed by atoms with Gasteiger partial charge in [-0.15, -0.1) is 46.2 Å². The largest absolute Gasteiger partial charge is 0.273 e. The standard InChI is InChI=1S/C23H21.C21H26.C5H5.Zr/c1-22(2)7-5-14-10-18-16(12-20(14)22)9-17-13-21-15(11-19(17)18)6-8-23(21,3)4;1-20(2,3)18-11-7-16(8-12-18)15-17-9-13-19(14-10-17)21(4,5)6;1-2-4-5-3-1;/h5-13H,1-4H3;7-14H,1-6H3;1-3H,4H2;/q-1;;-1;+2. The fourth-order valence-corrected chi connectivity index (χ4v) is 7.91. The van der Waals surface area contributed by atoms with E-state index in [1.807, 2.05) is 12.2 Å². The first kappa shape index (κ1) is 36.3. The second-order valence-corrected chi connectivity index (χ2v) is 18.6. The van der Waals surface area contributed by atoms with Crippen molar-refractivity contribution in [2.45, 2.75) is 97.3 Å². The van der Waals surface area contributed by atoms with E-state index in [1.165, 1.54) is 93.5 Å². The van der Waals surface area contributed by atoms with Crippen LogP contribution in [-0.2, 0) is 45.9 Å². The number of fused-ring (bicyclic) bond motifs is 5. The van der Waals surface area contributed by atoms with Gasteiger partial charge in [0.15, 0.2) is 0 Å². The molecular formula is C49H52Zr. The Kier molecular flexibility index (Phi) is 9.82. The van der Waals surface area contributed by atoms with Crippen LogP contribution < -0.4 is 0 Å². The SMILES string of the molecule is CC(C)(C)c1ccc([C](=[Zr+2])c2ccc(C(C)(C)C)cc2)cc1.CC1(C)C=Cc2cc3c(cc21)[cH-]c1cc2c(cc13)C=CC2(C)C.[C-]1=CC=CC1. The molecule has 3 aliphatic carbocycles. The Morgan fingerprint density at radius 1 is 0.640 bits per heavy atom. The first-order chi connectivity index (χ1) is 23.4. The van der Waals surface area contributed by atoms with Gasteiger partial charge in [0.25, 0.3) is 0 Å². The molecule has 5 aromatic carbocycles. The second kappa shape index (κ2) is 13.5. The van der Waals surface area contributed by atoms with Crippen molar-refractivity contribution in [1.29, 1.82) is 0 Å². The van der Waals surface area contributed by atoms with Crippen LogP contribution in [0.1, 0.15) is 120 Å². The number of hydrogen-bond acceptors (Lipinski definition) is 0. The molecule has 0 unspecified atom stereocenters. The topological polar surface area (TPSA) is 0 Å². The fourth-order valence-electron chi connectivity index (χ4n) is 7.09. The van der Waals surface area contributed by atoms with Crippen LogP contribution in [0, 0.1) is 6.08 Å². The maximum Gasteiger partial charge on any atom is 0.00151 e. The summed E-state index contributed by atoms with van der Waals surface area (Å²) in [6.45, 7) is 22.7. The van der Waals surface area contributed by atoms with Crippen molar-refractivity contribution in [3.05, 3.63) is 160 Å². The number of allylic oxidation sites excluding steroid dienone is 6. The molecule has 0 fully saturated rings. The Morgan fingerprint density at radius 2 is 1.06 bits per heavy atom. The molecular weight excluding hydrogens is 680 g/mol. The summed E-state index contributed by atoms with van der Waals surface area (Å²) >= 11 is 1.46. The van der Waals surface area contributed by atoms with Crippen molar-refractivity contribution in [3.8, 4) is 0 Å². The van der Waals surface area contributed by atoms with Gasteiger partial charge in [0.1, 0.15) is 0 Å². The molecule has 3 aliphatic rings. The van der Waals surface area contributed by atoms with E-state index < -0.39 is 0 Å². The molecule has 50 heavy (non-hydrogen) atoms. The molecule has 0 radical (unpaired) electrons. The number of benzene rings is 4. The minimum atomic E-state index is 0.152. The van der Waals surface area contributed by atoms with E-state index in [-0.39, 0.29) is 21.7 Å². The summed E-state index contributed by atoms with van der Waals surface area (Å²) in [6, 6.07) is 30.1. The molecule has 0 amide bonds. The molecule has 0 atom stereocenters. The number of rotatable bonds is 2. The van der Waals surface area contributed by atoms with Gasteiger partial charge in [0, 0.05) is 10.8 Å². The molecule has 0 N–H and O–H groups in total. The van der Waals surface area contributed by atoms with Crippen molar-refractivity contribution in [2.75, 3.05) is 0 Å². The second-order valence-electron chi connectivity index (χ2n) is 17.3. The Balaban J connectivity index is 0.000000152. The van der Waals surface area contributed by atoms with Crippen molar-refractivity contribution in [1.82, 2.24) is 0 Å². The van der Waals surface area contributed by atoms with Crippen LogP contribution in [0.15, 0.2) is 109 Å². The van der Waals surface area contributed by atoms with E-state index in [0.717, 1.165) is 6.42 Å². The third-order valence-electron chi connectivity index (χ3n) is 10.5. The molecule has 5 aromatic rings. The zero-order chi connectivity index (χ0) is 36.1. The Morgan fingerprint density at radius 3 is 1.38 bits per heavy atom. The average Bonchev–Trinajstić information content (AvgIpc) is 3.87. The predicted octanol–water partition coefficient (Wildman–Crippen LogP) is 13.0. The smallest absolute Gasteiger partial charge is 0.00151 e. The van der Waals surface area contributed by atoms with Gasteiger partial charge in [-0.25, -0.2) is 12.2 Å². The summed E-state index contributed by atoms with van der Waals surface area (Å²) in [5.41, 5.74) is 11.9. The van der Waals surface area contributed by atoms with Crippen molar-refractivity contribution in [2.24, 2.45) is 0 Å². The molecule has 0 saturated carbocycles. The van der Waals surface area contributed by atoms with E-state index in [2.05, 4.69) is 185 Å². The Labute approximate surface area is 316 Å². The third kappa shape index (κ3) is 7.55. The molecule has 8 rings (SSSR count). The van der Waals surface area contributed by atoms with Crippen molar-refractivity contribution >= 4 is 36.9 Å². The summed E-state index contributed by atoms with van der Waals surface area (Å²) in [5.74, 6) is 0. The van der Waals surface area contributed by atoms with Gasteiger partial charge in [0.2, 0.25) is 0 Å². The summed E-state index contributed by atoms with van der Waals surface area (Å²) in [7, 11) is 0. The molecule has 0 bridgehead atoms. The summed E-state index contributed by atoms with van der Waals surface area (Å²) < 4.78 is 1.42. The summed E-state index contributed by atoms with van der Waals surface area (Å²) in [5, 5.41) is 5.53. The maximum absolute atomic E-state index is 2.99. The van der Waals surface area contributed by atoms with Gasteiger partial charge >= 0.3 is 151 Å². The molecule has 1 heteroatoms. The normalized spacial score (nSPS) is 16.2. The van der Waals surface area contributed by atoms with Crippen molar-refractivity contribution < 1.29 is 24.2 Å². The van der Waals surface area contributed by atoms with E-state index in [1.54, 1.807) is 0 Å². The molecule has 0 spiro atoms. The predicted molar refractivity (Wildman–Crippen MR) is 216 cm³/mol. The quantitative estimate of drug-likeness (QED) is 0.159. The monoisotopic (exact) mass is 730 g/mol. The van der Waals surface area contributed by atoms with E-state index in [9.17, 15) is 0 Å². The van der Waals surface area contributed by atoms with Gasteiger partial charge in [0.05, 0.1) is 0 Å². The van der Waals surface area contributed by atoms with Crippen LogP contribution in [-0.4, -0.2) is 3.21 Å². The molecule has 0 aliphatic heterocycles. The third-order valence-corrected chi connectivity index (χ3v) is 11.9. The van der Waals surface area contributed by atoms with E-state index in [4.69, 9.17) is 0 Å². The molecule has 252 valence electrons. The number of hydrogen-bond donors (Lipinski definition) is 0. The molecule has 0 nitrogen and oxygen atoms in total. The zero-order valence-corrected chi connectivity index (χ0v) is 34.2. The molecule has 0 aromatic heterocycles. The van der Waals surface area contributed by atoms with Gasteiger partial charge in [-0.05, 0) is 11.1 Å². The van der Waals surface area contributed by atoms with Crippen LogP contribution in [0.3, 0.4) is 0 Å². The fraction of sp³-hybridized carbons (Fsp3) is 0.306. The van der Waals surface area contributed by atoms with Crippen LogP contribution in [0.5, 0.6) is 0 Å². The van der Waals surface area contributed by atoms with Gasteiger partial charge < -0.3 is 0 Å². The summed E-state index contributed by atoms with van der Waals surface area (Å²) in [6.07, 6.45) is 19.2.